The fraction of sp³-hybridized carbons (Fsp3) is 0.667. The van der Waals surface area contributed by atoms with Crippen LogP contribution in [0, 0.1) is 17.7 Å². The molecule has 1 atom stereocenters. The van der Waals surface area contributed by atoms with Crippen molar-refractivity contribution in [3.63, 3.8) is 0 Å². The summed E-state index contributed by atoms with van der Waals surface area (Å²) in [6.07, 6.45) is 5.42. The highest BCUT2D eigenvalue weighted by atomic mass is 32.2. The summed E-state index contributed by atoms with van der Waals surface area (Å²) < 4.78 is 19.6. The van der Waals surface area contributed by atoms with E-state index >= 15 is 0 Å². The molecule has 1 aromatic rings. The predicted molar refractivity (Wildman–Crippen MR) is 112 cm³/mol. The van der Waals surface area contributed by atoms with Crippen molar-refractivity contribution in [2.75, 3.05) is 43.8 Å². The molecule has 1 saturated carbocycles. The van der Waals surface area contributed by atoms with Crippen LogP contribution >= 0.6 is 11.8 Å². The largest absolute Gasteiger partial charge is 0.465 e. The average Bonchev–Trinajstić information content (AvgIpc) is 3.24. The molecule has 30 heavy (non-hydrogen) atoms. The van der Waals surface area contributed by atoms with Crippen molar-refractivity contribution in [3.05, 3.63) is 5.82 Å². The van der Waals surface area contributed by atoms with Gasteiger partial charge in [-0.2, -0.15) is 4.39 Å². The molecule has 12 heteroatoms. The normalized spacial score (nSPS) is 14.9. The number of rotatable bonds is 12. The molecule has 0 aliphatic heterocycles. The van der Waals surface area contributed by atoms with Gasteiger partial charge in [0.05, 0.1) is 12.5 Å². The number of hydrogen-bond acceptors (Lipinski definition) is 8. The number of hydrazine groups is 1. The number of carbonyl (C=O) groups excluding carboxylic acids is 1. The number of halogens is 1. The van der Waals surface area contributed by atoms with E-state index in [4.69, 9.17) is 9.84 Å². The minimum absolute atomic E-state index is 0.00167. The summed E-state index contributed by atoms with van der Waals surface area (Å²) in [6, 6.07) is 0. The lowest BCUT2D eigenvalue weighted by atomic mass is 9.92. The third-order valence-electron chi connectivity index (χ3n) is 4.88. The maximum Gasteiger partial charge on any atom is 0.404 e. The van der Waals surface area contributed by atoms with Crippen LogP contribution in [0.5, 0.6) is 0 Å². The Balaban J connectivity index is 2.04. The minimum atomic E-state index is -1.19. The molecule has 2 rings (SSSR count). The van der Waals surface area contributed by atoms with E-state index in [0.717, 1.165) is 25.7 Å². The second-order valence-electron chi connectivity index (χ2n) is 7.02. The number of aromatic nitrogens is 2. The average molecular weight is 445 g/mol. The van der Waals surface area contributed by atoms with E-state index in [1.165, 1.54) is 18.9 Å². The Bertz CT molecular complexity index is 720. The third-order valence-corrected chi connectivity index (χ3v) is 5.43. The summed E-state index contributed by atoms with van der Waals surface area (Å²) in [7, 11) is 1.54. The van der Waals surface area contributed by atoms with Crippen molar-refractivity contribution < 1.29 is 23.8 Å². The van der Waals surface area contributed by atoms with E-state index < -0.39 is 23.7 Å². The molecule has 5 N–H and O–H groups in total. The van der Waals surface area contributed by atoms with Crippen LogP contribution in [0.1, 0.15) is 32.1 Å². The lowest BCUT2D eigenvalue weighted by Gasteiger charge is -2.20. The van der Waals surface area contributed by atoms with Crippen molar-refractivity contribution in [2.45, 2.75) is 37.3 Å². The Labute approximate surface area is 179 Å². The number of nitrogens with zero attached hydrogens (tertiary/aromatic N) is 2. The minimum Gasteiger partial charge on any atom is -0.465 e. The third kappa shape index (κ3) is 7.48. The van der Waals surface area contributed by atoms with Crippen LogP contribution in [0.4, 0.5) is 20.8 Å². The molecule has 0 saturated heterocycles. The van der Waals surface area contributed by atoms with E-state index in [2.05, 4.69) is 31.5 Å². The van der Waals surface area contributed by atoms with Crippen LogP contribution in [0.2, 0.25) is 0 Å². The molecule has 168 valence electrons. The Kier molecular flexibility index (Phi) is 9.87. The van der Waals surface area contributed by atoms with E-state index in [1.54, 1.807) is 6.26 Å². The quantitative estimate of drug-likeness (QED) is 0.142. The van der Waals surface area contributed by atoms with Gasteiger partial charge in [0.1, 0.15) is 0 Å². The van der Waals surface area contributed by atoms with Crippen LogP contribution in [-0.2, 0) is 9.53 Å². The SMILES string of the molecule is COCCNc1nc(SC)nc(NNC(=O)[C@@H](CNC(=O)O)CC2CCCC2)c1F. The van der Waals surface area contributed by atoms with E-state index in [1.807, 2.05) is 0 Å². The first-order chi connectivity index (χ1) is 14.4. The molecule has 0 radical (unpaired) electrons. The van der Waals surface area contributed by atoms with Crippen molar-refractivity contribution >= 4 is 35.4 Å². The van der Waals surface area contributed by atoms with Crippen LogP contribution in [0.25, 0.3) is 0 Å². The number of nitrogens with one attached hydrogen (secondary N) is 4. The van der Waals surface area contributed by atoms with E-state index in [-0.39, 0.29) is 18.2 Å². The number of ether oxygens (including phenoxy) is 1. The van der Waals surface area contributed by atoms with Crippen molar-refractivity contribution in [3.8, 4) is 0 Å². The number of carboxylic acid groups (broad SMARTS) is 1. The zero-order chi connectivity index (χ0) is 21.9. The molecule has 2 amide bonds. The molecule has 1 fully saturated rings. The maximum absolute atomic E-state index is 14.7. The first-order valence-electron chi connectivity index (χ1n) is 9.81. The van der Waals surface area contributed by atoms with E-state index in [9.17, 15) is 14.0 Å². The van der Waals surface area contributed by atoms with Gasteiger partial charge in [0, 0.05) is 20.2 Å². The number of carbonyl (C=O) groups is 2. The lowest BCUT2D eigenvalue weighted by molar-refractivity contribution is -0.124. The molecule has 0 spiro atoms. The number of amides is 2. The number of methoxy groups -OCH3 is 1. The summed E-state index contributed by atoms with van der Waals surface area (Å²) in [6.45, 7) is 0.719. The Morgan fingerprint density at radius 1 is 1.30 bits per heavy atom. The Morgan fingerprint density at radius 3 is 2.63 bits per heavy atom. The van der Waals surface area contributed by atoms with Crippen molar-refractivity contribution in [1.82, 2.24) is 20.7 Å². The molecule has 0 aromatic carbocycles. The number of hydrogen-bond donors (Lipinski definition) is 5. The zero-order valence-electron chi connectivity index (χ0n) is 17.2. The summed E-state index contributed by atoms with van der Waals surface area (Å²) in [5.74, 6) is -1.52. The first-order valence-corrected chi connectivity index (χ1v) is 11.0. The second-order valence-corrected chi connectivity index (χ2v) is 7.80. The summed E-state index contributed by atoms with van der Waals surface area (Å²) in [5.41, 5.74) is 5.00. The molecule has 1 aliphatic rings. The molecule has 0 unspecified atom stereocenters. The monoisotopic (exact) mass is 444 g/mol. The van der Waals surface area contributed by atoms with Gasteiger partial charge in [0.15, 0.2) is 16.8 Å². The van der Waals surface area contributed by atoms with Gasteiger partial charge in [-0.3, -0.25) is 15.6 Å². The van der Waals surface area contributed by atoms with Gasteiger partial charge in [-0.1, -0.05) is 37.4 Å². The molecule has 1 aliphatic carbocycles. The van der Waals surface area contributed by atoms with Crippen LogP contribution in [0.3, 0.4) is 0 Å². The molecular weight excluding hydrogens is 415 g/mol. The van der Waals surface area contributed by atoms with Crippen LogP contribution in [0.15, 0.2) is 5.16 Å². The van der Waals surface area contributed by atoms with Gasteiger partial charge < -0.3 is 20.5 Å². The van der Waals surface area contributed by atoms with Gasteiger partial charge in [-0.05, 0) is 18.6 Å². The molecule has 0 bridgehead atoms. The fourth-order valence-corrected chi connectivity index (χ4v) is 3.72. The van der Waals surface area contributed by atoms with Crippen LogP contribution < -0.4 is 21.5 Å². The lowest BCUT2D eigenvalue weighted by Crippen LogP contribution is -2.41. The molecule has 1 aromatic heterocycles. The first kappa shape index (κ1) is 23.9. The summed E-state index contributed by atoms with van der Waals surface area (Å²) in [5, 5.41) is 14.3. The number of thioether (sulfide) groups is 1. The zero-order valence-corrected chi connectivity index (χ0v) is 18.0. The second kappa shape index (κ2) is 12.4. The maximum atomic E-state index is 14.7. The van der Waals surface area contributed by atoms with Gasteiger partial charge in [-0.15, -0.1) is 0 Å². The van der Waals surface area contributed by atoms with Gasteiger partial charge in [0.25, 0.3) is 0 Å². The Morgan fingerprint density at radius 2 is 2.00 bits per heavy atom. The smallest absolute Gasteiger partial charge is 0.404 e. The topological polar surface area (TPSA) is 137 Å². The molecule has 10 nitrogen and oxygen atoms in total. The molecular formula is C18H29FN6O4S. The highest BCUT2D eigenvalue weighted by Gasteiger charge is 2.26. The highest BCUT2D eigenvalue weighted by molar-refractivity contribution is 7.98. The Hall–Kier alpha value is -2.34. The summed E-state index contributed by atoms with van der Waals surface area (Å²) in [4.78, 5) is 31.7. The fourth-order valence-electron chi connectivity index (χ4n) is 3.35. The standard InChI is InChI=1S/C18H29FN6O4S/c1-29-8-7-20-14-13(19)15(23-17(22-14)30-2)24-25-16(26)12(10-21-18(27)28)9-11-5-3-4-6-11/h11-12,21H,3-10H2,1-2H3,(H,25,26)(H,27,28)(H2,20,22,23,24)/t12-/m1/s1. The van der Waals surface area contributed by atoms with Gasteiger partial charge in [0.2, 0.25) is 11.7 Å². The summed E-state index contributed by atoms with van der Waals surface area (Å²) >= 11 is 1.23. The predicted octanol–water partition coefficient (Wildman–Crippen LogP) is 2.30. The van der Waals surface area contributed by atoms with Gasteiger partial charge >= 0.3 is 6.09 Å². The molecule has 1 heterocycles. The number of anilines is 2. The van der Waals surface area contributed by atoms with Crippen LogP contribution in [-0.4, -0.2) is 60.1 Å². The van der Waals surface area contributed by atoms with Gasteiger partial charge in [-0.25, -0.2) is 14.8 Å². The van der Waals surface area contributed by atoms with Crippen molar-refractivity contribution in [1.29, 1.82) is 0 Å². The van der Waals surface area contributed by atoms with Crippen molar-refractivity contribution in [2.24, 2.45) is 11.8 Å². The highest BCUT2D eigenvalue weighted by Crippen LogP contribution is 2.30. The van der Waals surface area contributed by atoms with E-state index in [0.29, 0.717) is 30.6 Å².